The number of aromatic nitrogens is 1. The monoisotopic (exact) mass is 414 g/mol. The molecular weight excluding hydrogens is 376 g/mol. The normalized spacial score (nSPS) is 25.0. The second kappa shape index (κ2) is 9.13. The first-order valence-corrected chi connectivity index (χ1v) is 11.8. The maximum Gasteiger partial charge on any atom is 0.225 e. The van der Waals surface area contributed by atoms with E-state index in [0.29, 0.717) is 6.04 Å². The van der Waals surface area contributed by atoms with Gasteiger partial charge in [0, 0.05) is 55.8 Å². The van der Waals surface area contributed by atoms with Crippen LogP contribution in [-0.2, 0) is 11.2 Å². The van der Waals surface area contributed by atoms with Gasteiger partial charge in [0.15, 0.2) is 0 Å². The lowest BCUT2D eigenvalue weighted by Crippen LogP contribution is -2.47. The Bertz CT molecular complexity index is 729. The molecule has 1 amide bonds. The molecule has 0 unspecified atom stereocenters. The Morgan fingerprint density at radius 3 is 2.60 bits per heavy atom. The van der Waals surface area contributed by atoms with Crippen molar-refractivity contribution in [2.45, 2.75) is 65.3 Å². The standard InChI is InChI=1S/C24H38N4O2/c1-24(2,3)23(29)26-19-6-4-18(5-7-19)9-12-27-13-15-28(16-14-27)22-20-10-17-30-21(20)8-11-25-22/h8,11,18-19H,4-7,9-10,12-17H2,1-3H3,(H,26,29). The minimum atomic E-state index is -0.290. The molecule has 1 N–H and O–H groups in total. The Morgan fingerprint density at radius 2 is 1.90 bits per heavy atom. The molecule has 2 aliphatic heterocycles. The number of nitrogens with one attached hydrogen (secondary N) is 1. The summed E-state index contributed by atoms with van der Waals surface area (Å²) >= 11 is 0. The average molecular weight is 415 g/mol. The summed E-state index contributed by atoms with van der Waals surface area (Å²) in [6, 6.07) is 2.37. The summed E-state index contributed by atoms with van der Waals surface area (Å²) in [5, 5.41) is 3.25. The summed E-state index contributed by atoms with van der Waals surface area (Å²) in [6.45, 7) is 12.3. The van der Waals surface area contributed by atoms with Crippen molar-refractivity contribution >= 4 is 11.7 Å². The fourth-order valence-corrected chi connectivity index (χ4v) is 4.92. The fourth-order valence-electron chi connectivity index (χ4n) is 4.92. The Balaban J connectivity index is 1.17. The van der Waals surface area contributed by atoms with Crippen LogP contribution in [0.3, 0.4) is 0 Å². The van der Waals surface area contributed by atoms with Crippen LogP contribution < -0.4 is 15.0 Å². The fraction of sp³-hybridized carbons (Fsp3) is 0.750. The highest BCUT2D eigenvalue weighted by Crippen LogP contribution is 2.32. The molecule has 0 aromatic carbocycles. The smallest absolute Gasteiger partial charge is 0.225 e. The lowest BCUT2D eigenvalue weighted by Gasteiger charge is -2.37. The summed E-state index contributed by atoms with van der Waals surface area (Å²) in [6.07, 6.45) is 8.90. The Kier molecular flexibility index (Phi) is 6.51. The molecule has 166 valence electrons. The number of amides is 1. The van der Waals surface area contributed by atoms with Crippen LogP contribution in [0, 0.1) is 11.3 Å². The number of pyridine rings is 1. The molecular formula is C24H38N4O2. The maximum atomic E-state index is 12.2. The lowest BCUT2D eigenvalue weighted by molar-refractivity contribution is -0.129. The molecule has 3 aliphatic rings. The van der Waals surface area contributed by atoms with Crippen molar-refractivity contribution in [3.63, 3.8) is 0 Å². The second-order valence-electron chi connectivity index (χ2n) is 10.3. The summed E-state index contributed by atoms with van der Waals surface area (Å²) < 4.78 is 5.70. The van der Waals surface area contributed by atoms with Crippen molar-refractivity contribution in [1.29, 1.82) is 0 Å². The zero-order chi connectivity index (χ0) is 21.1. The predicted molar refractivity (Wildman–Crippen MR) is 120 cm³/mol. The van der Waals surface area contributed by atoms with E-state index in [2.05, 4.69) is 20.1 Å². The molecule has 0 bridgehead atoms. The highest BCUT2D eigenvalue weighted by atomic mass is 16.5. The maximum absolute atomic E-state index is 12.2. The van der Waals surface area contributed by atoms with Crippen LogP contribution >= 0.6 is 0 Å². The molecule has 1 saturated carbocycles. The van der Waals surface area contributed by atoms with Gasteiger partial charge in [-0.2, -0.15) is 0 Å². The van der Waals surface area contributed by atoms with Gasteiger partial charge in [-0.1, -0.05) is 20.8 Å². The van der Waals surface area contributed by atoms with E-state index in [9.17, 15) is 4.79 Å². The largest absolute Gasteiger partial charge is 0.493 e. The van der Waals surface area contributed by atoms with Gasteiger partial charge in [-0.05, 0) is 50.6 Å². The van der Waals surface area contributed by atoms with E-state index in [1.807, 2.05) is 33.0 Å². The van der Waals surface area contributed by atoms with Crippen LogP contribution in [0.4, 0.5) is 5.82 Å². The number of nitrogens with zero attached hydrogens (tertiary/aromatic N) is 3. The number of ether oxygens (including phenoxy) is 1. The molecule has 1 aromatic heterocycles. The van der Waals surface area contributed by atoms with E-state index in [0.717, 1.165) is 69.5 Å². The number of piperazine rings is 1. The number of rotatable bonds is 5. The zero-order valence-electron chi connectivity index (χ0n) is 19.0. The minimum Gasteiger partial charge on any atom is -0.493 e. The van der Waals surface area contributed by atoms with E-state index in [4.69, 9.17) is 4.74 Å². The van der Waals surface area contributed by atoms with Crippen LogP contribution in [0.5, 0.6) is 5.75 Å². The van der Waals surface area contributed by atoms with Crippen molar-refractivity contribution in [2.75, 3.05) is 44.2 Å². The highest BCUT2D eigenvalue weighted by molar-refractivity contribution is 5.81. The summed E-state index contributed by atoms with van der Waals surface area (Å²) in [5.74, 6) is 3.16. The molecule has 0 radical (unpaired) electrons. The van der Waals surface area contributed by atoms with Gasteiger partial charge in [0.25, 0.3) is 0 Å². The molecule has 30 heavy (non-hydrogen) atoms. The molecule has 0 spiro atoms. The third kappa shape index (κ3) is 5.08. The summed E-state index contributed by atoms with van der Waals surface area (Å²) in [5.41, 5.74) is 1.00. The number of fused-ring (bicyclic) bond motifs is 1. The second-order valence-corrected chi connectivity index (χ2v) is 10.3. The van der Waals surface area contributed by atoms with Crippen LogP contribution in [0.15, 0.2) is 12.3 Å². The topological polar surface area (TPSA) is 57.7 Å². The predicted octanol–water partition coefficient (Wildman–Crippen LogP) is 3.25. The first-order valence-electron chi connectivity index (χ1n) is 11.8. The van der Waals surface area contributed by atoms with Crippen LogP contribution in [0.25, 0.3) is 0 Å². The third-order valence-electron chi connectivity index (χ3n) is 6.99. The first-order chi connectivity index (χ1) is 14.4. The van der Waals surface area contributed by atoms with Gasteiger partial charge in [-0.25, -0.2) is 4.98 Å². The first kappa shape index (κ1) is 21.4. The van der Waals surface area contributed by atoms with Gasteiger partial charge in [0.2, 0.25) is 5.91 Å². The molecule has 0 atom stereocenters. The van der Waals surface area contributed by atoms with Crippen LogP contribution in [0.2, 0.25) is 0 Å². The van der Waals surface area contributed by atoms with E-state index in [1.165, 1.54) is 31.4 Å². The number of carbonyl (C=O) groups excluding carboxylic acids is 1. The molecule has 2 fully saturated rings. The van der Waals surface area contributed by atoms with Gasteiger partial charge in [0.05, 0.1) is 6.61 Å². The van der Waals surface area contributed by atoms with Crippen molar-refractivity contribution in [2.24, 2.45) is 11.3 Å². The van der Waals surface area contributed by atoms with E-state index in [-0.39, 0.29) is 11.3 Å². The number of carbonyl (C=O) groups is 1. The molecule has 1 aromatic rings. The third-order valence-corrected chi connectivity index (χ3v) is 6.99. The Morgan fingerprint density at radius 1 is 1.17 bits per heavy atom. The van der Waals surface area contributed by atoms with E-state index < -0.39 is 0 Å². The van der Waals surface area contributed by atoms with E-state index in [1.54, 1.807) is 0 Å². The van der Waals surface area contributed by atoms with Crippen molar-refractivity contribution in [3.05, 3.63) is 17.8 Å². The minimum absolute atomic E-state index is 0.189. The van der Waals surface area contributed by atoms with Gasteiger partial charge in [-0.3, -0.25) is 9.69 Å². The molecule has 1 saturated heterocycles. The van der Waals surface area contributed by atoms with Crippen LogP contribution in [0.1, 0.15) is 58.4 Å². The zero-order valence-corrected chi connectivity index (χ0v) is 19.0. The quantitative estimate of drug-likeness (QED) is 0.802. The summed E-state index contributed by atoms with van der Waals surface area (Å²) in [7, 11) is 0. The van der Waals surface area contributed by atoms with Crippen LogP contribution in [-0.4, -0.2) is 61.2 Å². The molecule has 3 heterocycles. The Labute approximate surface area is 181 Å². The van der Waals surface area contributed by atoms with E-state index >= 15 is 0 Å². The number of hydrogen-bond donors (Lipinski definition) is 1. The van der Waals surface area contributed by atoms with Gasteiger partial charge >= 0.3 is 0 Å². The summed E-state index contributed by atoms with van der Waals surface area (Å²) in [4.78, 5) is 21.9. The highest BCUT2D eigenvalue weighted by Gasteiger charge is 2.28. The lowest BCUT2D eigenvalue weighted by atomic mass is 9.83. The van der Waals surface area contributed by atoms with Crippen molar-refractivity contribution < 1.29 is 9.53 Å². The van der Waals surface area contributed by atoms with Crippen molar-refractivity contribution in [3.8, 4) is 5.75 Å². The molecule has 6 nitrogen and oxygen atoms in total. The Hall–Kier alpha value is -1.82. The SMILES string of the molecule is CC(C)(C)C(=O)NC1CCC(CCN2CCN(c3nccc4c3CCO4)CC2)CC1. The van der Waals surface area contributed by atoms with Gasteiger partial charge < -0.3 is 15.0 Å². The van der Waals surface area contributed by atoms with Gasteiger partial charge in [0.1, 0.15) is 11.6 Å². The molecule has 6 heteroatoms. The molecule has 4 rings (SSSR count). The van der Waals surface area contributed by atoms with Crippen molar-refractivity contribution in [1.82, 2.24) is 15.2 Å². The number of hydrogen-bond acceptors (Lipinski definition) is 5. The average Bonchev–Trinajstić information content (AvgIpc) is 3.22. The number of anilines is 1. The van der Waals surface area contributed by atoms with Gasteiger partial charge in [-0.15, -0.1) is 0 Å². The molecule has 1 aliphatic carbocycles.